The van der Waals surface area contributed by atoms with E-state index >= 15 is 0 Å². The maximum atomic E-state index is 14.2. The molecule has 2 aromatic carbocycles. The van der Waals surface area contributed by atoms with Crippen molar-refractivity contribution in [3.8, 4) is 16.9 Å². The molecule has 0 fully saturated rings. The largest absolute Gasteiger partial charge is 0.378 e. The zero-order valence-corrected chi connectivity index (χ0v) is 12.7. The van der Waals surface area contributed by atoms with Crippen LogP contribution < -0.4 is 0 Å². The third-order valence-corrected chi connectivity index (χ3v) is 3.60. The van der Waals surface area contributed by atoms with Gasteiger partial charge in [-0.15, -0.1) is 0 Å². The zero-order valence-electron chi connectivity index (χ0n) is 12.0. The van der Waals surface area contributed by atoms with Gasteiger partial charge in [0.25, 0.3) is 0 Å². The summed E-state index contributed by atoms with van der Waals surface area (Å²) in [6.07, 6.45) is 0. The van der Waals surface area contributed by atoms with Crippen molar-refractivity contribution in [1.29, 1.82) is 0 Å². The quantitative estimate of drug-likeness (QED) is 0.709. The number of methoxy groups -OCH3 is 1. The molecule has 3 rings (SSSR count). The molecule has 0 aliphatic heterocycles. The van der Waals surface area contributed by atoms with Crippen molar-refractivity contribution in [2.75, 3.05) is 7.11 Å². The summed E-state index contributed by atoms with van der Waals surface area (Å²) in [5, 5.41) is 5.04. The molecule has 3 aromatic rings. The van der Waals surface area contributed by atoms with Crippen LogP contribution in [-0.4, -0.2) is 16.9 Å². The molecule has 0 unspecified atom stereocenters. The van der Waals surface area contributed by atoms with Gasteiger partial charge in [-0.1, -0.05) is 35.9 Å². The summed E-state index contributed by atoms with van der Waals surface area (Å²) in [6, 6.07) is 15.7. The normalized spacial score (nSPS) is 10.9. The first-order valence-corrected chi connectivity index (χ1v) is 7.16. The predicted octanol–water partition coefficient (Wildman–Crippen LogP) is 4.48. The molecule has 5 heteroatoms. The monoisotopic (exact) mass is 316 g/mol. The zero-order chi connectivity index (χ0) is 15.5. The summed E-state index contributed by atoms with van der Waals surface area (Å²) in [7, 11) is 1.59. The van der Waals surface area contributed by atoms with Crippen LogP contribution in [0.25, 0.3) is 16.9 Å². The van der Waals surface area contributed by atoms with E-state index in [4.69, 9.17) is 16.3 Å². The summed E-state index contributed by atoms with van der Waals surface area (Å²) >= 11 is 6.26. The van der Waals surface area contributed by atoms with E-state index in [0.717, 1.165) is 0 Å². The van der Waals surface area contributed by atoms with Crippen LogP contribution in [0.3, 0.4) is 0 Å². The Balaban J connectivity index is 2.21. The molecule has 112 valence electrons. The van der Waals surface area contributed by atoms with Crippen molar-refractivity contribution >= 4 is 11.6 Å². The van der Waals surface area contributed by atoms with Gasteiger partial charge in [0, 0.05) is 12.7 Å². The molecule has 0 bridgehead atoms. The van der Waals surface area contributed by atoms with E-state index in [1.165, 1.54) is 6.07 Å². The predicted molar refractivity (Wildman–Crippen MR) is 84.7 cm³/mol. The Morgan fingerprint density at radius 1 is 1.14 bits per heavy atom. The molecule has 3 nitrogen and oxygen atoms in total. The molecule has 0 amide bonds. The molecule has 0 saturated heterocycles. The van der Waals surface area contributed by atoms with Gasteiger partial charge in [0.15, 0.2) is 0 Å². The number of ether oxygens (including phenoxy) is 1. The third-order valence-electron chi connectivity index (χ3n) is 3.28. The van der Waals surface area contributed by atoms with Gasteiger partial charge in [0.05, 0.1) is 28.7 Å². The molecule has 0 saturated carbocycles. The number of nitrogens with zero attached hydrogens (tertiary/aromatic N) is 2. The third kappa shape index (κ3) is 2.75. The van der Waals surface area contributed by atoms with Gasteiger partial charge in [-0.2, -0.15) is 5.10 Å². The Kier molecular flexibility index (Phi) is 4.22. The maximum Gasteiger partial charge on any atom is 0.132 e. The topological polar surface area (TPSA) is 27.1 Å². The van der Waals surface area contributed by atoms with Gasteiger partial charge in [-0.25, -0.2) is 9.07 Å². The van der Waals surface area contributed by atoms with Gasteiger partial charge in [-0.3, -0.25) is 0 Å². The van der Waals surface area contributed by atoms with E-state index in [-0.39, 0.29) is 5.82 Å². The van der Waals surface area contributed by atoms with Gasteiger partial charge in [-0.05, 0) is 30.3 Å². The highest BCUT2D eigenvalue weighted by molar-refractivity contribution is 6.32. The van der Waals surface area contributed by atoms with E-state index in [2.05, 4.69) is 5.10 Å². The summed E-state index contributed by atoms with van der Waals surface area (Å²) in [5.41, 5.74) is 2.51. The van der Waals surface area contributed by atoms with Crippen LogP contribution in [0.5, 0.6) is 0 Å². The minimum atomic E-state index is -0.306. The fourth-order valence-corrected chi connectivity index (χ4v) is 2.53. The Hall–Kier alpha value is -2.17. The molecule has 0 radical (unpaired) electrons. The van der Waals surface area contributed by atoms with Crippen LogP contribution in [0.15, 0.2) is 54.6 Å². The second-order valence-electron chi connectivity index (χ2n) is 4.80. The minimum absolute atomic E-state index is 0.306. The molecular formula is C17H14ClFN2O. The van der Waals surface area contributed by atoms with Crippen LogP contribution in [-0.2, 0) is 11.3 Å². The highest BCUT2D eigenvalue weighted by Gasteiger charge is 2.16. The van der Waals surface area contributed by atoms with Gasteiger partial charge >= 0.3 is 0 Å². The van der Waals surface area contributed by atoms with Crippen molar-refractivity contribution in [2.24, 2.45) is 0 Å². The first kappa shape index (κ1) is 14.8. The Morgan fingerprint density at radius 2 is 1.86 bits per heavy atom. The molecule has 0 atom stereocenters. The fraction of sp³-hybridized carbons (Fsp3) is 0.118. The molecule has 1 aromatic heterocycles. The lowest BCUT2D eigenvalue weighted by Crippen LogP contribution is -2.01. The number of para-hydroxylation sites is 1. The van der Waals surface area contributed by atoms with Crippen LogP contribution in [0.1, 0.15) is 5.69 Å². The molecule has 0 aliphatic carbocycles. The maximum absolute atomic E-state index is 14.2. The number of halogens is 2. The summed E-state index contributed by atoms with van der Waals surface area (Å²) < 4.78 is 20.9. The summed E-state index contributed by atoms with van der Waals surface area (Å²) in [4.78, 5) is 0. The summed E-state index contributed by atoms with van der Waals surface area (Å²) in [5.74, 6) is -0.306. The molecule has 1 heterocycles. The molecule has 22 heavy (non-hydrogen) atoms. The van der Waals surface area contributed by atoms with Gasteiger partial charge < -0.3 is 4.74 Å². The standard InChI is InChI=1S/C17H14ClFN2O/c1-22-11-12-10-17(13-6-2-4-8-15(13)19)21(20-12)16-9-5-3-7-14(16)18/h2-10H,11H2,1H3. The second-order valence-corrected chi connectivity index (χ2v) is 5.20. The molecular weight excluding hydrogens is 303 g/mol. The van der Waals surface area contributed by atoms with Crippen molar-refractivity contribution in [1.82, 2.24) is 9.78 Å². The van der Waals surface area contributed by atoms with E-state index in [1.807, 2.05) is 24.3 Å². The van der Waals surface area contributed by atoms with Crippen LogP contribution >= 0.6 is 11.6 Å². The fourth-order valence-electron chi connectivity index (χ4n) is 2.32. The Bertz CT molecular complexity index is 738. The minimum Gasteiger partial charge on any atom is -0.378 e. The van der Waals surface area contributed by atoms with Crippen molar-refractivity contribution in [3.63, 3.8) is 0 Å². The van der Waals surface area contributed by atoms with Crippen LogP contribution in [0, 0.1) is 5.82 Å². The number of benzene rings is 2. The van der Waals surface area contributed by atoms with E-state index in [0.29, 0.717) is 34.3 Å². The molecule has 0 N–H and O–H groups in total. The van der Waals surface area contributed by atoms with Gasteiger partial charge in [0.2, 0.25) is 0 Å². The highest BCUT2D eigenvalue weighted by Crippen LogP contribution is 2.29. The van der Waals surface area contributed by atoms with E-state index in [9.17, 15) is 4.39 Å². The molecule has 0 aliphatic rings. The Labute approximate surface area is 132 Å². The van der Waals surface area contributed by atoms with E-state index < -0.39 is 0 Å². The van der Waals surface area contributed by atoms with Crippen LogP contribution in [0.2, 0.25) is 5.02 Å². The van der Waals surface area contributed by atoms with Gasteiger partial charge in [0.1, 0.15) is 5.82 Å². The average molecular weight is 317 g/mol. The van der Waals surface area contributed by atoms with E-state index in [1.54, 1.807) is 36.1 Å². The number of rotatable bonds is 4. The number of hydrogen-bond donors (Lipinski definition) is 0. The first-order valence-electron chi connectivity index (χ1n) is 6.78. The number of hydrogen-bond acceptors (Lipinski definition) is 2. The lowest BCUT2D eigenvalue weighted by atomic mass is 10.1. The number of aromatic nitrogens is 2. The van der Waals surface area contributed by atoms with Crippen molar-refractivity contribution in [3.05, 3.63) is 71.1 Å². The van der Waals surface area contributed by atoms with Crippen molar-refractivity contribution < 1.29 is 9.13 Å². The first-order chi connectivity index (χ1) is 10.7. The average Bonchev–Trinajstić information content (AvgIpc) is 2.92. The van der Waals surface area contributed by atoms with Crippen LogP contribution in [0.4, 0.5) is 4.39 Å². The van der Waals surface area contributed by atoms with Crippen molar-refractivity contribution in [2.45, 2.75) is 6.61 Å². The SMILES string of the molecule is COCc1cc(-c2ccccc2F)n(-c2ccccc2Cl)n1. The molecule has 0 spiro atoms. The smallest absolute Gasteiger partial charge is 0.132 e. The Morgan fingerprint density at radius 3 is 2.59 bits per heavy atom. The second kappa shape index (κ2) is 6.30. The lowest BCUT2D eigenvalue weighted by molar-refractivity contribution is 0.181. The highest BCUT2D eigenvalue weighted by atomic mass is 35.5. The lowest BCUT2D eigenvalue weighted by Gasteiger charge is -2.09. The summed E-state index contributed by atoms with van der Waals surface area (Å²) in [6.45, 7) is 0.346.